The van der Waals surface area contributed by atoms with E-state index in [0.29, 0.717) is 32.5 Å². The molecular weight excluding hydrogens is 386 g/mol. The summed E-state index contributed by atoms with van der Waals surface area (Å²) in [7, 11) is 0. The Balaban J connectivity index is 1.80. The first kappa shape index (κ1) is 20.3. The van der Waals surface area contributed by atoms with Gasteiger partial charge in [0.2, 0.25) is 5.91 Å². The minimum absolute atomic E-state index is 0.291. The van der Waals surface area contributed by atoms with E-state index in [4.69, 9.17) is 9.84 Å². The van der Waals surface area contributed by atoms with Gasteiger partial charge in [-0.3, -0.25) is 14.5 Å². The molecule has 9 nitrogen and oxygen atoms in total. The van der Waals surface area contributed by atoms with Gasteiger partial charge in [0.05, 0.1) is 12.6 Å². The van der Waals surface area contributed by atoms with Gasteiger partial charge in [-0.1, -0.05) is 13.0 Å². The SMILES string of the molecule is CCCN1C(=O)[C@@H]2[C@@H](CCN2C(=O)COCC(=O)O)N(Cc2cccs2)C1=O. The van der Waals surface area contributed by atoms with Crippen molar-refractivity contribution in [2.75, 3.05) is 26.3 Å². The summed E-state index contributed by atoms with van der Waals surface area (Å²) in [6.45, 7) is 1.90. The van der Waals surface area contributed by atoms with Crippen LogP contribution in [0.3, 0.4) is 0 Å². The molecule has 0 radical (unpaired) electrons. The van der Waals surface area contributed by atoms with E-state index in [1.807, 2.05) is 24.4 Å². The number of carbonyl (C=O) groups excluding carboxylic acids is 3. The maximum Gasteiger partial charge on any atom is 0.329 e. The van der Waals surface area contributed by atoms with Crippen molar-refractivity contribution in [3.63, 3.8) is 0 Å². The van der Waals surface area contributed by atoms with E-state index in [0.717, 1.165) is 4.88 Å². The molecule has 0 spiro atoms. The zero-order chi connectivity index (χ0) is 20.3. The zero-order valence-corrected chi connectivity index (χ0v) is 16.4. The number of hydrogen-bond acceptors (Lipinski definition) is 6. The molecular formula is C18H23N3O6S. The van der Waals surface area contributed by atoms with Crippen molar-refractivity contribution in [2.24, 2.45) is 0 Å². The number of rotatable bonds is 8. The molecule has 0 aromatic carbocycles. The van der Waals surface area contributed by atoms with Crippen molar-refractivity contribution in [2.45, 2.75) is 38.4 Å². The highest BCUT2D eigenvalue weighted by Crippen LogP contribution is 2.32. The number of thiophene rings is 1. The standard InChI is InChI=1S/C18H23N3O6S/c1-2-6-20-17(25)16-13(21(18(20)26)9-12-4-3-8-28-12)5-7-19(16)14(22)10-27-11-15(23)24/h3-4,8,13,16H,2,5-7,9-11H2,1H3,(H,23,24)/t13-,16+/m1/s1. The van der Waals surface area contributed by atoms with E-state index in [9.17, 15) is 19.2 Å². The van der Waals surface area contributed by atoms with Gasteiger partial charge in [-0.2, -0.15) is 0 Å². The van der Waals surface area contributed by atoms with Crippen LogP contribution in [0.4, 0.5) is 4.79 Å². The summed E-state index contributed by atoms with van der Waals surface area (Å²) in [5.74, 6) is -1.98. The first-order chi connectivity index (χ1) is 13.4. The van der Waals surface area contributed by atoms with Crippen LogP contribution in [-0.2, 0) is 25.7 Å². The molecule has 152 valence electrons. The smallest absolute Gasteiger partial charge is 0.329 e. The van der Waals surface area contributed by atoms with Crippen LogP contribution in [0.1, 0.15) is 24.6 Å². The van der Waals surface area contributed by atoms with Crippen molar-refractivity contribution in [3.05, 3.63) is 22.4 Å². The zero-order valence-electron chi connectivity index (χ0n) is 15.6. The van der Waals surface area contributed by atoms with Crippen LogP contribution in [-0.4, -0.2) is 82.0 Å². The fraction of sp³-hybridized carbons (Fsp3) is 0.556. The number of ether oxygens (including phenoxy) is 1. The maximum absolute atomic E-state index is 13.0. The topological polar surface area (TPSA) is 107 Å². The Morgan fingerprint density at radius 1 is 1.32 bits per heavy atom. The number of hydrogen-bond donors (Lipinski definition) is 1. The summed E-state index contributed by atoms with van der Waals surface area (Å²) in [5, 5.41) is 10.6. The first-order valence-corrected chi connectivity index (χ1v) is 10.0. The van der Waals surface area contributed by atoms with Crippen molar-refractivity contribution < 1.29 is 29.0 Å². The Kier molecular flexibility index (Phi) is 6.30. The van der Waals surface area contributed by atoms with Gasteiger partial charge in [0.15, 0.2) is 0 Å². The molecule has 0 aliphatic carbocycles. The lowest BCUT2D eigenvalue weighted by molar-refractivity contribution is -0.151. The first-order valence-electron chi connectivity index (χ1n) is 9.17. The third-order valence-electron chi connectivity index (χ3n) is 4.89. The van der Waals surface area contributed by atoms with Gasteiger partial charge in [0.25, 0.3) is 5.91 Å². The highest BCUT2D eigenvalue weighted by molar-refractivity contribution is 7.09. The minimum atomic E-state index is -1.16. The van der Waals surface area contributed by atoms with Gasteiger partial charge in [-0.15, -0.1) is 11.3 Å². The molecule has 3 rings (SSSR count). The quantitative estimate of drug-likeness (QED) is 0.686. The number of carbonyl (C=O) groups is 4. The van der Waals surface area contributed by atoms with Gasteiger partial charge >= 0.3 is 12.0 Å². The molecule has 0 unspecified atom stereocenters. The average Bonchev–Trinajstić information content (AvgIpc) is 3.31. The second-order valence-electron chi connectivity index (χ2n) is 6.75. The lowest BCUT2D eigenvalue weighted by atomic mass is 10.0. The van der Waals surface area contributed by atoms with Crippen molar-refractivity contribution in [3.8, 4) is 0 Å². The van der Waals surface area contributed by atoms with Crippen LogP contribution in [0.15, 0.2) is 17.5 Å². The maximum atomic E-state index is 13.0. The largest absolute Gasteiger partial charge is 0.480 e. The molecule has 10 heteroatoms. The summed E-state index contributed by atoms with van der Waals surface area (Å²) in [4.78, 5) is 54.4. The van der Waals surface area contributed by atoms with E-state index in [2.05, 4.69) is 0 Å². The van der Waals surface area contributed by atoms with E-state index >= 15 is 0 Å². The van der Waals surface area contributed by atoms with Gasteiger partial charge < -0.3 is 19.6 Å². The lowest BCUT2D eigenvalue weighted by Gasteiger charge is -2.43. The lowest BCUT2D eigenvalue weighted by Crippen LogP contribution is -2.65. The van der Waals surface area contributed by atoms with E-state index < -0.39 is 37.2 Å². The predicted octanol–water partition coefficient (Wildman–Crippen LogP) is 0.993. The van der Waals surface area contributed by atoms with Crippen LogP contribution in [0.2, 0.25) is 0 Å². The molecule has 2 aliphatic heterocycles. The molecule has 0 saturated carbocycles. The number of likely N-dealkylation sites (tertiary alicyclic amines) is 1. The molecule has 2 aliphatic rings. The third kappa shape index (κ3) is 4.02. The molecule has 28 heavy (non-hydrogen) atoms. The molecule has 0 bridgehead atoms. The summed E-state index contributed by atoms with van der Waals surface area (Å²) in [6, 6.07) is 2.37. The Labute approximate surface area is 166 Å². The number of carboxylic acids is 1. The van der Waals surface area contributed by atoms with E-state index in [1.54, 1.807) is 4.90 Å². The van der Waals surface area contributed by atoms with E-state index in [-0.39, 0.29) is 11.9 Å². The van der Waals surface area contributed by atoms with Gasteiger partial charge in [-0.05, 0) is 24.3 Å². The van der Waals surface area contributed by atoms with Gasteiger partial charge in [-0.25, -0.2) is 9.59 Å². The Morgan fingerprint density at radius 3 is 2.75 bits per heavy atom. The molecule has 3 heterocycles. The molecule has 1 N–H and O–H groups in total. The fourth-order valence-corrected chi connectivity index (χ4v) is 4.43. The number of nitrogens with zero attached hydrogens (tertiary/aromatic N) is 3. The number of aliphatic carboxylic acids is 1. The highest BCUT2D eigenvalue weighted by atomic mass is 32.1. The second kappa shape index (κ2) is 8.70. The van der Waals surface area contributed by atoms with E-state index in [1.165, 1.54) is 21.1 Å². The van der Waals surface area contributed by atoms with Crippen molar-refractivity contribution in [1.82, 2.24) is 14.7 Å². The summed E-state index contributed by atoms with van der Waals surface area (Å²) in [6.07, 6.45) is 1.12. The molecule has 4 amide bonds. The summed E-state index contributed by atoms with van der Waals surface area (Å²) < 4.78 is 4.90. The molecule has 2 saturated heterocycles. The number of fused-ring (bicyclic) bond motifs is 1. The van der Waals surface area contributed by atoms with Crippen LogP contribution in [0.5, 0.6) is 0 Å². The van der Waals surface area contributed by atoms with Crippen molar-refractivity contribution in [1.29, 1.82) is 0 Å². The molecule has 1 aromatic heterocycles. The number of carboxylic acid groups (broad SMARTS) is 1. The van der Waals surface area contributed by atoms with Gasteiger partial charge in [0, 0.05) is 18.0 Å². The third-order valence-corrected chi connectivity index (χ3v) is 5.75. The number of imide groups is 1. The molecule has 2 fully saturated rings. The predicted molar refractivity (Wildman–Crippen MR) is 99.6 cm³/mol. The Bertz CT molecular complexity index is 753. The van der Waals surface area contributed by atoms with Crippen molar-refractivity contribution >= 4 is 35.2 Å². The fourth-order valence-electron chi connectivity index (χ4n) is 3.72. The normalized spacial score (nSPS) is 22.0. The minimum Gasteiger partial charge on any atom is -0.480 e. The second-order valence-corrected chi connectivity index (χ2v) is 7.79. The summed E-state index contributed by atoms with van der Waals surface area (Å²) >= 11 is 1.54. The van der Waals surface area contributed by atoms with Crippen LogP contribution in [0, 0.1) is 0 Å². The summed E-state index contributed by atoms with van der Waals surface area (Å²) in [5.41, 5.74) is 0. The molecule has 1 aromatic rings. The van der Waals surface area contributed by atoms with Crippen LogP contribution in [0.25, 0.3) is 0 Å². The number of urea groups is 1. The van der Waals surface area contributed by atoms with Crippen LogP contribution >= 0.6 is 11.3 Å². The molecule has 2 atom stereocenters. The highest BCUT2D eigenvalue weighted by Gasteiger charge is 2.52. The Hall–Kier alpha value is -2.46. The monoisotopic (exact) mass is 409 g/mol. The Morgan fingerprint density at radius 2 is 2.11 bits per heavy atom. The number of amides is 4. The average molecular weight is 409 g/mol. The van der Waals surface area contributed by atoms with Crippen LogP contribution < -0.4 is 0 Å². The van der Waals surface area contributed by atoms with Gasteiger partial charge in [0.1, 0.15) is 19.3 Å².